The van der Waals surface area contributed by atoms with Crippen LogP contribution in [0.25, 0.3) is 0 Å². The van der Waals surface area contributed by atoms with Crippen LogP contribution in [0.3, 0.4) is 0 Å². The van der Waals surface area contributed by atoms with E-state index in [0.717, 1.165) is 12.8 Å². The van der Waals surface area contributed by atoms with Gasteiger partial charge in [0.25, 0.3) is 0 Å². The summed E-state index contributed by atoms with van der Waals surface area (Å²) in [5.41, 5.74) is 10.6. The van der Waals surface area contributed by atoms with Crippen LogP contribution >= 0.6 is 15.9 Å². The van der Waals surface area contributed by atoms with Gasteiger partial charge in [-0.3, -0.25) is 0 Å². The first-order chi connectivity index (χ1) is 7.54. The molecular formula is C14H20BrN. The maximum atomic E-state index is 6.63. The van der Waals surface area contributed by atoms with Gasteiger partial charge in [0.15, 0.2) is 0 Å². The van der Waals surface area contributed by atoms with Gasteiger partial charge in [0.1, 0.15) is 0 Å². The molecule has 0 unspecified atom stereocenters. The van der Waals surface area contributed by atoms with Crippen LogP contribution in [-0.4, -0.2) is 0 Å². The molecule has 1 aromatic rings. The molecule has 1 aliphatic carbocycles. The molecule has 0 atom stereocenters. The second-order valence-electron chi connectivity index (χ2n) is 5.08. The quantitative estimate of drug-likeness (QED) is 0.821. The van der Waals surface area contributed by atoms with Crippen LogP contribution in [0.1, 0.15) is 48.8 Å². The van der Waals surface area contributed by atoms with Gasteiger partial charge in [-0.15, -0.1) is 0 Å². The van der Waals surface area contributed by atoms with Gasteiger partial charge in [0.05, 0.1) is 0 Å². The molecule has 0 amide bonds. The molecule has 0 spiro atoms. The predicted octanol–water partition coefficient (Wildman–Crippen LogP) is 4.18. The average Bonchev–Trinajstić information content (AvgIpc) is 2.25. The SMILES string of the molecule is Cc1ccc(Br)c(C)c1C1(N)CCCCC1. The summed E-state index contributed by atoms with van der Waals surface area (Å²) in [6.07, 6.45) is 6.13. The van der Waals surface area contributed by atoms with Gasteiger partial charge in [0, 0.05) is 10.0 Å². The lowest BCUT2D eigenvalue weighted by atomic mass is 9.74. The van der Waals surface area contributed by atoms with E-state index < -0.39 is 0 Å². The smallest absolute Gasteiger partial charge is 0.0415 e. The van der Waals surface area contributed by atoms with Crippen molar-refractivity contribution in [3.63, 3.8) is 0 Å². The molecule has 1 aromatic carbocycles. The first kappa shape index (κ1) is 12.1. The summed E-state index contributed by atoms with van der Waals surface area (Å²) in [4.78, 5) is 0. The molecule has 2 N–H and O–H groups in total. The van der Waals surface area contributed by atoms with Crippen molar-refractivity contribution in [2.75, 3.05) is 0 Å². The predicted molar refractivity (Wildman–Crippen MR) is 72.6 cm³/mol. The van der Waals surface area contributed by atoms with Gasteiger partial charge in [-0.1, -0.05) is 41.3 Å². The Morgan fingerprint density at radius 3 is 2.38 bits per heavy atom. The third kappa shape index (κ3) is 2.05. The molecular weight excluding hydrogens is 262 g/mol. The fourth-order valence-corrected chi connectivity index (χ4v) is 3.35. The Kier molecular flexibility index (Phi) is 3.41. The van der Waals surface area contributed by atoms with E-state index in [2.05, 4.69) is 41.9 Å². The minimum atomic E-state index is -0.0871. The summed E-state index contributed by atoms with van der Waals surface area (Å²) < 4.78 is 1.18. The van der Waals surface area contributed by atoms with Crippen molar-refractivity contribution in [3.05, 3.63) is 33.3 Å². The van der Waals surface area contributed by atoms with Crippen LogP contribution in [0.15, 0.2) is 16.6 Å². The lowest BCUT2D eigenvalue weighted by Crippen LogP contribution is -2.40. The third-order valence-electron chi connectivity index (χ3n) is 3.85. The topological polar surface area (TPSA) is 26.0 Å². The second-order valence-corrected chi connectivity index (χ2v) is 5.94. The molecule has 0 aliphatic heterocycles. The fraction of sp³-hybridized carbons (Fsp3) is 0.571. The Morgan fingerprint density at radius 1 is 1.12 bits per heavy atom. The highest BCUT2D eigenvalue weighted by Crippen LogP contribution is 2.39. The van der Waals surface area contributed by atoms with Crippen LogP contribution in [0.2, 0.25) is 0 Å². The lowest BCUT2D eigenvalue weighted by molar-refractivity contribution is 0.300. The molecule has 2 heteroatoms. The van der Waals surface area contributed by atoms with Crippen molar-refractivity contribution >= 4 is 15.9 Å². The molecule has 1 nitrogen and oxygen atoms in total. The Hall–Kier alpha value is -0.340. The molecule has 0 saturated heterocycles. The van der Waals surface area contributed by atoms with Crippen LogP contribution in [-0.2, 0) is 5.54 Å². The average molecular weight is 282 g/mol. The van der Waals surface area contributed by atoms with E-state index >= 15 is 0 Å². The number of aryl methyl sites for hydroxylation is 1. The van der Waals surface area contributed by atoms with E-state index in [1.54, 1.807) is 0 Å². The maximum Gasteiger partial charge on any atom is 0.0415 e. The zero-order chi connectivity index (χ0) is 11.8. The molecule has 1 fully saturated rings. The highest BCUT2D eigenvalue weighted by molar-refractivity contribution is 9.10. The van der Waals surface area contributed by atoms with Crippen molar-refractivity contribution in [2.45, 2.75) is 51.5 Å². The minimum absolute atomic E-state index is 0.0871. The van der Waals surface area contributed by atoms with E-state index in [1.165, 1.54) is 40.4 Å². The van der Waals surface area contributed by atoms with E-state index in [9.17, 15) is 0 Å². The van der Waals surface area contributed by atoms with E-state index in [-0.39, 0.29) is 5.54 Å². The summed E-state index contributed by atoms with van der Waals surface area (Å²) in [6, 6.07) is 4.30. The molecule has 0 bridgehead atoms. The number of hydrogen-bond donors (Lipinski definition) is 1. The van der Waals surface area contributed by atoms with Crippen molar-refractivity contribution in [1.29, 1.82) is 0 Å². The molecule has 1 saturated carbocycles. The number of hydrogen-bond acceptors (Lipinski definition) is 1. The summed E-state index contributed by atoms with van der Waals surface area (Å²) in [5, 5.41) is 0. The Bertz CT molecular complexity index is 392. The monoisotopic (exact) mass is 281 g/mol. The van der Waals surface area contributed by atoms with Crippen LogP contribution in [0.5, 0.6) is 0 Å². The number of benzene rings is 1. The summed E-state index contributed by atoms with van der Waals surface area (Å²) in [6.45, 7) is 4.35. The summed E-state index contributed by atoms with van der Waals surface area (Å²) in [7, 11) is 0. The first-order valence-corrected chi connectivity index (χ1v) is 6.89. The zero-order valence-corrected chi connectivity index (χ0v) is 11.7. The van der Waals surface area contributed by atoms with E-state index in [4.69, 9.17) is 5.73 Å². The fourth-order valence-electron chi connectivity index (χ4n) is 3.02. The Morgan fingerprint density at radius 2 is 1.75 bits per heavy atom. The molecule has 0 radical (unpaired) electrons. The molecule has 88 valence electrons. The van der Waals surface area contributed by atoms with Crippen LogP contribution in [0.4, 0.5) is 0 Å². The van der Waals surface area contributed by atoms with Crippen LogP contribution < -0.4 is 5.73 Å². The summed E-state index contributed by atoms with van der Waals surface area (Å²) >= 11 is 3.62. The molecule has 0 aromatic heterocycles. The standard InChI is InChI=1S/C14H20BrN/c1-10-6-7-12(15)11(2)13(10)14(16)8-4-3-5-9-14/h6-7H,3-5,8-9,16H2,1-2H3. The van der Waals surface area contributed by atoms with Gasteiger partial charge in [-0.25, -0.2) is 0 Å². The van der Waals surface area contributed by atoms with Gasteiger partial charge in [-0.2, -0.15) is 0 Å². The van der Waals surface area contributed by atoms with Crippen molar-refractivity contribution in [3.8, 4) is 0 Å². The molecule has 1 aliphatic rings. The molecule has 2 rings (SSSR count). The van der Waals surface area contributed by atoms with Crippen molar-refractivity contribution in [2.24, 2.45) is 5.73 Å². The van der Waals surface area contributed by atoms with Gasteiger partial charge in [-0.05, 0) is 49.4 Å². The van der Waals surface area contributed by atoms with Gasteiger partial charge in [0.2, 0.25) is 0 Å². The lowest BCUT2D eigenvalue weighted by Gasteiger charge is -2.36. The van der Waals surface area contributed by atoms with Crippen molar-refractivity contribution < 1.29 is 0 Å². The first-order valence-electron chi connectivity index (χ1n) is 6.10. The number of halogens is 1. The minimum Gasteiger partial charge on any atom is -0.321 e. The van der Waals surface area contributed by atoms with Gasteiger partial charge >= 0.3 is 0 Å². The molecule has 0 heterocycles. The van der Waals surface area contributed by atoms with Crippen molar-refractivity contribution in [1.82, 2.24) is 0 Å². The number of nitrogens with two attached hydrogens (primary N) is 1. The van der Waals surface area contributed by atoms with Gasteiger partial charge < -0.3 is 5.73 Å². The highest BCUT2D eigenvalue weighted by Gasteiger charge is 2.32. The number of rotatable bonds is 1. The highest BCUT2D eigenvalue weighted by atomic mass is 79.9. The van der Waals surface area contributed by atoms with E-state index in [0.29, 0.717) is 0 Å². The second kappa shape index (κ2) is 4.50. The Labute approximate surface area is 107 Å². The largest absolute Gasteiger partial charge is 0.321 e. The Balaban J connectivity index is 2.49. The van der Waals surface area contributed by atoms with Crippen LogP contribution in [0, 0.1) is 13.8 Å². The normalized spacial score (nSPS) is 19.8. The molecule has 16 heavy (non-hydrogen) atoms. The maximum absolute atomic E-state index is 6.63. The zero-order valence-electron chi connectivity index (χ0n) is 10.1. The third-order valence-corrected chi connectivity index (χ3v) is 4.71. The summed E-state index contributed by atoms with van der Waals surface area (Å²) in [5.74, 6) is 0. The van der Waals surface area contributed by atoms with E-state index in [1.807, 2.05) is 0 Å².